The van der Waals surface area contributed by atoms with Gasteiger partial charge in [-0.05, 0) is 24.6 Å². The third kappa shape index (κ3) is 3.36. The van der Waals surface area contributed by atoms with Gasteiger partial charge in [0, 0.05) is 18.0 Å². The van der Waals surface area contributed by atoms with E-state index in [2.05, 4.69) is 10.1 Å². The molecular formula is C13H14F3N3O. The molecule has 7 heteroatoms. The summed E-state index contributed by atoms with van der Waals surface area (Å²) in [4.78, 5) is 4.07. The Hall–Kier alpha value is -1.89. The molecule has 1 aromatic heterocycles. The zero-order valence-corrected chi connectivity index (χ0v) is 10.8. The summed E-state index contributed by atoms with van der Waals surface area (Å²) in [5, 5.41) is 3.72. The first kappa shape index (κ1) is 14.5. The molecule has 1 heterocycles. The van der Waals surface area contributed by atoms with Crippen LogP contribution < -0.4 is 5.73 Å². The van der Waals surface area contributed by atoms with E-state index in [0.717, 1.165) is 18.6 Å². The van der Waals surface area contributed by atoms with Crippen LogP contribution in [0, 0.1) is 0 Å². The van der Waals surface area contributed by atoms with Gasteiger partial charge >= 0.3 is 6.18 Å². The van der Waals surface area contributed by atoms with Crippen LogP contribution in [-0.2, 0) is 12.6 Å². The van der Waals surface area contributed by atoms with E-state index in [-0.39, 0.29) is 17.5 Å². The number of nitrogens with two attached hydrogens (primary N) is 1. The van der Waals surface area contributed by atoms with Crippen LogP contribution in [0.15, 0.2) is 28.8 Å². The van der Waals surface area contributed by atoms with Gasteiger partial charge in [0.05, 0.1) is 5.56 Å². The molecule has 2 N–H and O–H groups in total. The molecule has 0 fully saturated rings. The average Bonchev–Trinajstić information content (AvgIpc) is 2.86. The number of alkyl halides is 3. The Morgan fingerprint density at radius 1 is 1.35 bits per heavy atom. The van der Waals surface area contributed by atoms with Gasteiger partial charge in [0.2, 0.25) is 0 Å². The second-order valence-electron chi connectivity index (χ2n) is 4.47. The maximum Gasteiger partial charge on any atom is 0.416 e. The van der Waals surface area contributed by atoms with E-state index < -0.39 is 11.7 Å². The number of nitrogens with zero attached hydrogens (tertiary/aromatic N) is 2. The topological polar surface area (TPSA) is 64.9 Å². The molecule has 0 spiro atoms. The Labute approximate surface area is 113 Å². The van der Waals surface area contributed by atoms with Crippen molar-refractivity contribution in [3.63, 3.8) is 0 Å². The van der Waals surface area contributed by atoms with Crippen molar-refractivity contribution in [3.05, 3.63) is 35.7 Å². The monoisotopic (exact) mass is 285 g/mol. The van der Waals surface area contributed by atoms with Gasteiger partial charge in [-0.2, -0.15) is 18.2 Å². The summed E-state index contributed by atoms with van der Waals surface area (Å²) in [5.41, 5.74) is 5.25. The van der Waals surface area contributed by atoms with Gasteiger partial charge in [0.15, 0.2) is 5.82 Å². The molecule has 2 aromatic rings. The fourth-order valence-electron chi connectivity index (χ4n) is 1.66. The highest BCUT2D eigenvalue weighted by Gasteiger charge is 2.30. The number of hydrogen-bond donors (Lipinski definition) is 1. The third-order valence-corrected chi connectivity index (χ3v) is 2.87. The Kier molecular flexibility index (Phi) is 4.08. The molecule has 4 nitrogen and oxygen atoms in total. The van der Waals surface area contributed by atoms with Crippen LogP contribution in [-0.4, -0.2) is 16.2 Å². The summed E-state index contributed by atoms with van der Waals surface area (Å²) in [6, 6.07) is 4.68. The molecule has 0 saturated carbocycles. The van der Waals surface area contributed by atoms with E-state index in [1.807, 2.05) is 6.92 Å². The normalized spacial score (nSPS) is 13.4. The number of rotatable bonds is 4. The highest BCUT2D eigenvalue weighted by Crippen LogP contribution is 2.31. The van der Waals surface area contributed by atoms with Gasteiger partial charge in [-0.1, -0.05) is 18.1 Å². The van der Waals surface area contributed by atoms with Crippen LogP contribution in [0.3, 0.4) is 0 Å². The first-order valence-electron chi connectivity index (χ1n) is 6.16. The van der Waals surface area contributed by atoms with Crippen LogP contribution >= 0.6 is 0 Å². The molecule has 1 atom stereocenters. The van der Waals surface area contributed by atoms with Gasteiger partial charge in [-0.15, -0.1) is 0 Å². The van der Waals surface area contributed by atoms with Gasteiger partial charge in [-0.3, -0.25) is 0 Å². The van der Waals surface area contributed by atoms with Crippen molar-refractivity contribution in [1.82, 2.24) is 10.1 Å². The van der Waals surface area contributed by atoms with Crippen molar-refractivity contribution in [1.29, 1.82) is 0 Å². The van der Waals surface area contributed by atoms with Gasteiger partial charge in [-0.25, -0.2) is 0 Å². The first-order valence-corrected chi connectivity index (χ1v) is 6.16. The molecule has 0 radical (unpaired) electrons. The van der Waals surface area contributed by atoms with Gasteiger partial charge in [0.25, 0.3) is 5.89 Å². The second-order valence-corrected chi connectivity index (χ2v) is 4.47. The largest absolute Gasteiger partial charge is 0.416 e. The predicted molar refractivity (Wildman–Crippen MR) is 66.7 cm³/mol. The fourth-order valence-corrected chi connectivity index (χ4v) is 1.66. The molecule has 2 rings (SSSR count). The average molecular weight is 285 g/mol. The van der Waals surface area contributed by atoms with E-state index in [4.69, 9.17) is 10.3 Å². The Bertz CT molecular complexity index is 580. The standard InChI is InChI=1S/C13H14F3N3O/c1-2-10(17)7-11-18-12(20-19-11)8-4-3-5-9(6-8)13(14,15)16/h3-6,10H,2,7,17H2,1H3. The van der Waals surface area contributed by atoms with E-state index in [1.54, 1.807) is 0 Å². The molecule has 0 aliphatic rings. The SMILES string of the molecule is CCC(N)Cc1noc(-c2cccc(C(F)(F)F)c2)n1. The Morgan fingerprint density at radius 2 is 2.10 bits per heavy atom. The summed E-state index contributed by atoms with van der Waals surface area (Å²) in [7, 11) is 0. The molecule has 108 valence electrons. The molecule has 0 amide bonds. The van der Waals surface area contributed by atoms with E-state index >= 15 is 0 Å². The third-order valence-electron chi connectivity index (χ3n) is 2.87. The van der Waals surface area contributed by atoms with Crippen molar-refractivity contribution < 1.29 is 17.7 Å². The molecule has 1 aromatic carbocycles. The minimum atomic E-state index is -4.40. The number of benzene rings is 1. The Balaban J connectivity index is 2.24. The minimum absolute atomic E-state index is 0.0643. The molecule has 0 bridgehead atoms. The molecule has 0 aliphatic heterocycles. The van der Waals surface area contributed by atoms with Gasteiger partial charge in [0.1, 0.15) is 0 Å². The molecule has 0 saturated heterocycles. The summed E-state index contributed by atoms with van der Waals surface area (Å²) in [6.07, 6.45) is -3.21. The highest BCUT2D eigenvalue weighted by molar-refractivity contribution is 5.54. The first-order chi connectivity index (χ1) is 9.40. The summed E-state index contributed by atoms with van der Waals surface area (Å²) < 4.78 is 42.9. The smallest absolute Gasteiger partial charge is 0.334 e. The lowest BCUT2D eigenvalue weighted by atomic mass is 10.1. The van der Waals surface area contributed by atoms with Crippen LogP contribution in [0.5, 0.6) is 0 Å². The van der Waals surface area contributed by atoms with Crippen LogP contribution in [0.2, 0.25) is 0 Å². The van der Waals surface area contributed by atoms with E-state index in [0.29, 0.717) is 12.2 Å². The van der Waals surface area contributed by atoms with Crippen molar-refractivity contribution in [2.24, 2.45) is 5.73 Å². The van der Waals surface area contributed by atoms with Crippen molar-refractivity contribution in [3.8, 4) is 11.5 Å². The summed E-state index contributed by atoms with van der Waals surface area (Å²) in [6.45, 7) is 1.93. The van der Waals surface area contributed by atoms with Crippen LogP contribution in [0.25, 0.3) is 11.5 Å². The molecule has 0 aliphatic carbocycles. The Morgan fingerprint density at radius 3 is 2.75 bits per heavy atom. The van der Waals surface area contributed by atoms with Crippen molar-refractivity contribution >= 4 is 0 Å². The van der Waals surface area contributed by atoms with Gasteiger partial charge < -0.3 is 10.3 Å². The molecule has 20 heavy (non-hydrogen) atoms. The highest BCUT2D eigenvalue weighted by atomic mass is 19.4. The second kappa shape index (κ2) is 5.62. The van der Waals surface area contributed by atoms with Crippen LogP contribution in [0.4, 0.5) is 13.2 Å². The quantitative estimate of drug-likeness (QED) is 0.937. The lowest BCUT2D eigenvalue weighted by molar-refractivity contribution is -0.137. The van der Waals surface area contributed by atoms with Crippen LogP contribution in [0.1, 0.15) is 24.7 Å². The van der Waals surface area contributed by atoms with E-state index in [1.165, 1.54) is 12.1 Å². The molecule has 1 unspecified atom stereocenters. The zero-order valence-electron chi connectivity index (χ0n) is 10.8. The number of aromatic nitrogens is 2. The lowest BCUT2D eigenvalue weighted by Crippen LogP contribution is -2.21. The predicted octanol–water partition coefficient (Wildman–Crippen LogP) is 3.04. The van der Waals surface area contributed by atoms with Crippen molar-refractivity contribution in [2.75, 3.05) is 0 Å². The summed E-state index contributed by atoms with van der Waals surface area (Å²) in [5.74, 6) is 0.459. The fraction of sp³-hybridized carbons (Fsp3) is 0.385. The zero-order chi connectivity index (χ0) is 14.8. The number of hydrogen-bond acceptors (Lipinski definition) is 4. The maximum atomic E-state index is 12.6. The van der Waals surface area contributed by atoms with E-state index in [9.17, 15) is 13.2 Å². The minimum Gasteiger partial charge on any atom is -0.334 e. The lowest BCUT2D eigenvalue weighted by Gasteiger charge is -2.06. The summed E-state index contributed by atoms with van der Waals surface area (Å²) >= 11 is 0. The molecular weight excluding hydrogens is 271 g/mol. The number of halogens is 3. The van der Waals surface area contributed by atoms with Crippen molar-refractivity contribution in [2.45, 2.75) is 32.0 Å². The maximum absolute atomic E-state index is 12.6.